The second-order valence-corrected chi connectivity index (χ2v) is 5.61. The summed E-state index contributed by atoms with van der Waals surface area (Å²) in [7, 11) is 0. The van der Waals surface area contributed by atoms with Crippen LogP contribution in [0.2, 0.25) is 10.0 Å². The molecule has 2 N–H and O–H groups in total. The number of amides is 2. The molecule has 0 aromatic heterocycles. The van der Waals surface area contributed by atoms with Crippen molar-refractivity contribution in [3.8, 4) is 0 Å². The molecule has 4 nitrogen and oxygen atoms in total. The lowest BCUT2D eigenvalue weighted by atomic mass is 10.1. The van der Waals surface area contributed by atoms with E-state index >= 15 is 0 Å². The third-order valence-electron chi connectivity index (χ3n) is 3.04. The normalized spacial score (nSPS) is 10.2. The van der Waals surface area contributed by atoms with Crippen molar-refractivity contribution in [3.05, 3.63) is 57.6 Å². The van der Waals surface area contributed by atoms with Crippen LogP contribution in [0.25, 0.3) is 0 Å². The SMILES string of the molecule is Cc1ccc(NC(=O)C(=O)Nc2cccc(Cl)c2Cl)c(C)c1. The van der Waals surface area contributed by atoms with Crippen LogP contribution in [0.3, 0.4) is 0 Å². The van der Waals surface area contributed by atoms with Gasteiger partial charge in [0, 0.05) is 5.69 Å². The van der Waals surface area contributed by atoms with Crippen LogP contribution in [0.5, 0.6) is 0 Å². The van der Waals surface area contributed by atoms with Gasteiger partial charge >= 0.3 is 11.8 Å². The van der Waals surface area contributed by atoms with Gasteiger partial charge in [0.05, 0.1) is 15.7 Å². The van der Waals surface area contributed by atoms with E-state index in [4.69, 9.17) is 23.2 Å². The third kappa shape index (κ3) is 3.78. The van der Waals surface area contributed by atoms with Gasteiger partial charge in [0.25, 0.3) is 0 Å². The summed E-state index contributed by atoms with van der Waals surface area (Å²) < 4.78 is 0. The van der Waals surface area contributed by atoms with E-state index in [2.05, 4.69) is 10.6 Å². The zero-order valence-electron chi connectivity index (χ0n) is 12.0. The average Bonchev–Trinajstić information content (AvgIpc) is 2.46. The fraction of sp³-hybridized carbons (Fsp3) is 0.125. The summed E-state index contributed by atoms with van der Waals surface area (Å²) in [5, 5.41) is 5.49. The van der Waals surface area contributed by atoms with E-state index in [0.717, 1.165) is 11.1 Å². The van der Waals surface area contributed by atoms with Crippen LogP contribution in [0.15, 0.2) is 36.4 Å². The number of aryl methyl sites for hydroxylation is 2. The van der Waals surface area contributed by atoms with E-state index in [-0.39, 0.29) is 10.7 Å². The number of hydrogen-bond acceptors (Lipinski definition) is 2. The minimum absolute atomic E-state index is 0.192. The van der Waals surface area contributed by atoms with Crippen molar-refractivity contribution in [2.75, 3.05) is 10.6 Å². The second kappa shape index (κ2) is 6.81. The summed E-state index contributed by atoms with van der Waals surface area (Å²) in [6.45, 7) is 3.81. The molecule has 0 heterocycles. The Kier molecular flexibility index (Phi) is 5.06. The molecule has 0 saturated carbocycles. The Labute approximate surface area is 138 Å². The number of halogens is 2. The molecule has 6 heteroatoms. The van der Waals surface area contributed by atoms with Gasteiger partial charge in [0.15, 0.2) is 0 Å². The van der Waals surface area contributed by atoms with E-state index < -0.39 is 11.8 Å². The molecule has 2 rings (SSSR count). The lowest BCUT2D eigenvalue weighted by Crippen LogP contribution is -2.29. The largest absolute Gasteiger partial charge is 0.318 e. The number of anilines is 2. The molecular formula is C16H14Cl2N2O2. The maximum Gasteiger partial charge on any atom is 0.314 e. The standard InChI is InChI=1S/C16H14Cl2N2O2/c1-9-6-7-12(10(2)8-9)19-15(21)16(22)20-13-5-3-4-11(17)14(13)18/h3-8H,1-2H3,(H,19,21)(H,20,22). The van der Waals surface area contributed by atoms with Crippen molar-refractivity contribution in [2.24, 2.45) is 0 Å². The topological polar surface area (TPSA) is 58.2 Å². The third-order valence-corrected chi connectivity index (χ3v) is 3.86. The summed E-state index contributed by atoms with van der Waals surface area (Å²) in [4.78, 5) is 23.9. The summed E-state index contributed by atoms with van der Waals surface area (Å²) >= 11 is 11.8. The number of rotatable bonds is 2. The zero-order chi connectivity index (χ0) is 16.3. The van der Waals surface area contributed by atoms with Gasteiger partial charge in [-0.15, -0.1) is 0 Å². The van der Waals surface area contributed by atoms with Crippen LogP contribution in [0.1, 0.15) is 11.1 Å². The van der Waals surface area contributed by atoms with E-state index in [1.807, 2.05) is 26.0 Å². The molecule has 0 bridgehead atoms. The van der Waals surface area contributed by atoms with Crippen molar-refractivity contribution in [3.63, 3.8) is 0 Å². The first-order valence-electron chi connectivity index (χ1n) is 6.52. The van der Waals surface area contributed by atoms with Crippen LogP contribution in [0.4, 0.5) is 11.4 Å². The van der Waals surface area contributed by atoms with Gasteiger partial charge in [-0.1, -0.05) is 47.0 Å². The maximum atomic E-state index is 12.0. The first-order chi connectivity index (χ1) is 10.4. The Morgan fingerprint density at radius 3 is 2.18 bits per heavy atom. The Hall–Kier alpha value is -2.04. The molecule has 2 amide bonds. The van der Waals surface area contributed by atoms with Gasteiger partial charge in [0.2, 0.25) is 0 Å². The van der Waals surface area contributed by atoms with Crippen molar-refractivity contribution in [1.29, 1.82) is 0 Å². The molecule has 0 spiro atoms. The quantitative estimate of drug-likeness (QED) is 0.808. The number of benzene rings is 2. The van der Waals surface area contributed by atoms with Gasteiger partial charge in [-0.25, -0.2) is 0 Å². The molecule has 0 atom stereocenters. The smallest absolute Gasteiger partial charge is 0.314 e. The van der Waals surface area contributed by atoms with Crippen molar-refractivity contribution >= 4 is 46.4 Å². The Morgan fingerprint density at radius 1 is 0.909 bits per heavy atom. The highest BCUT2D eigenvalue weighted by Crippen LogP contribution is 2.29. The molecule has 0 radical (unpaired) electrons. The molecule has 0 unspecified atom stereocenters. The minimum atomic E-state index is -0.816. The Balaban J connectivity index is 2.09. The maximum absolute atomic E-state index is 12.0. The highest BCUT2D eigenvalue weighted by atomic mass is 35.5. The lowest BCUT2D eigenvalue weighted by molar-refractivity contribution is -0.133. The molecule has 0 fully saturated rings. The molecule has 2 aromatic carbocycles. The first kappa shape index (κ1) is 16.3. The number of hydrogen-bond donors (Lipinski definition) is 2. The zero-order valence-corrected chi connectivity index (χ0v) is 13.5. The van der Waals surface area contributed by atoms with Gasteiger partial charge in [0.1, 0.15) is 0 Å². The Bertz CT molecular complexity index is 745. The fourth-order valence-corrected chi connectivity index (χ4v) is 2.26. The van der Waals surface area contributed by atoms with Gasteiger partial charge in [-0.2, -0.15) is 0 Å². The lowest BCUT2D eigenvalue weighted by Gasteiger charge is -2.10. The number of nitrogens with one attached hydrogen (secondary N) is 2. The molecule has 0 saturated heterocycles. The second-order valence-electron chi connectivity index (χ2n) is 4.83. The van der Waals surface area contributed by atoms with Crippen molar-refractivity contribution in [1.82, 2.24) is 0 Å². The molecule has 0 aliphatic heterocycles. The highest BCUT2D eigenvalue weighted by Gasteiger charge is 2.16. The Morgan fingerprint density at radius 2 is 1.55 bits per heavy atom. The molecule has 2 aromatic rings. The van der Waals surface area contributed by atoms with E-state index in [9.17, 15) is 9.59 Å². The molecular weight excluding hydrogens is 323 g/mol. The van der Waals surface area contributed by atoms with Gasteiger partial charge < -0.3 is 10.6 Å². The van der Waals surface area contributed by atoms with E-state index in [0.29, 0.717) is 10.7 Å². The number of carbonyl (C=O) groups excluding carboxylic acids is 2. The summed E-state index contributed by atoms with van der Waals surface area (Å²) in [6.07, 6.45) is 0. The van der Waals surface area contributed by atoms with Crippen LogP contribution < -0.4 is 10.6 Å². The molecule has 0 aliphatic rings. The number of carbonyl (C=O) groups is 2. The van der Waals surface area contributed by atoms with Crippen molar-refractivity contribution < 1.29 is 9.59 Å². The predicted octanol–water partition coefficient (Wildman–Crippen LogP) is 4.19. The molecule has 0 aliphatic carbocycles. The van der Waals surface area contributed by atoms with E-state index in [1.165, 1.54) is 0 Å². The summed E-state index contributed by atoms with van der Waals surface area (Å²) in [5.74, 6) is -1.59. The summed E-state index contributed by atoms with van der Waals surface area (Å²) in [6, 6.07) is 10.3. The fourth-order valence-electron chi connectivity index (χ4n) is 1.91. The van der Waals surface area contributed by atoms with Gasteiger partial charge in [-0.05, 0) is 37.6 Å². The van der Waals surface area contributed by atoms with Crippen LogP contribution in [-0.4, -0.2) is 11.8 Å². The molecule has 22 heavy (non-hydrogen) atoms. The van der Waals surface area contributed by atoms with Crippen molar-refractivity contribution in [2.45, 2.75) is 13.8 Å². The predicted molar refractivity (Wildman–Crippen MR) is 89.6 cm³/mol. The van der Waals surface area contributed by atoms with Crippen LogP contribution >= 0.6 is 23.2 Å². The average molecular weight is 337 g/mol. The van der Waals surface area contributed by atoms with Gasteiger partial charge in [-0.3, -0.25) is 9.59 Å². The first-order valence-corrected chi connectivity index (χ1v) is 7.27. The molecule has 114 valence electrons. The highest BCUT2D eigenvalue weighted by molar-refractivity contribution is 6.47. The van der Waals surface area contributed by atoms with Crippen LogP contribution in [-0.2, 0) is 9.59 Å². The van der Waals surface area contributed by atoms with Crippen LogP contribution in [0, 0.1) is 13.8 Å². The minimum Gasteiger partial charge on any atom is -0.318 e. The summed E-state index contributed by atoms with van der Waals surface area (Å²) in [5.41, 5.74) is 2.82. The van der Waals surface area contributed by atoms with E-state index in [1.54, 1.807) is 24.3 Å². The monoisotopic (exact) mass is 336 g/mol.